The molecular formula is C24H45N2O2P. The summed E-state index contributed by atoms with van der Waals surface area (Å²) in [5, 5.41) is 0. The molecular weight excluding hydrogens is 379 g/mol. The van der Waals surface area contributed by atoms with Gasteiger partial charge in [-0.15, -0.1) is 9.24 Å². The zero-order valence-electron chi connectivity index (χ0n) is 18.8. The minimum atomic E-state index is -0.0212. The van der Waals surface area contributed by atoms with E-state index in [1.165, 1.54) is 77.0 Å². The summed E-state index contributed by atoms with van der Waals surface area (Å²) in [6, 6.07) is 0.636. The van der Waals surface area contributed by atoms with Crippen LogP contribution in [-0.4, -0.2) is 28.3 Å². The van der Waals surface area contributed by atoms with Crippen LogP contribution in [0.1, 0.15) is 116 Å². The number of rotatable bonds is 20. The van der Waals surface area contributed by atoms with Crippen molar-refractivity contribution in [3.63, 3.8) is 0 Å². The smallest absolute Gasteiger partial charge is 0.305 e. The van der Waals surface area contributed by atoms with E-state index in [9.17, 15) is 4.79 Å². The molecule has 2 unspecified atom stereocenters. The van der Waals surface area contributed by atoms with E-state index in [0.717, 1.165) is 25.4 Å². The first kappa shape index (κ1) is 26.1. The Labute approximate surface area is 181 Å². The van der Waals surface area contributed by atoms with Gasteiger partial charge in [-0.2, -0.15) is 0 Å². The molecule has 1 aromatic heterocycles. The summed E-state index contributed by atoms with van der Waals surface area (Å²) in [5.41, 5.74) is 0. The molecule has 0 amide bonds. The van der Waals surface area contributed by atoms with Crippen LogP contribution >= 0.6 is 9.24 Å². The number of esters is 1. The van der Waals surface area contributed by atoms with Gasteiger partial charge < -0.3 is 9.30 Å². The Kier molecular flexibility index (Phi) is 17.2. The van der Waals surface area contributed by atoms with Crippen molar-refractivity contribution in [3.8, 4) is 0 Å². The number of hydrogen-bond acceptors (Lipinski definition) is 3. The molecule has 0 fully saturated rings. The summed E-state index contributed by atoms with van der Waals surface area (Å²) in [7, 11) is 2.66. The fourth-order valence-corrected chi connectivity index (χ4v) is 3.95. The number of hydrogen-bond donors (Lipinski definition) is 0. The molecule has 4 nitrogen and oxygen atoms in total. The summed E-state index contributed by atoms with van der Waals surface area (Å²) < 4.78 is 7.49. The van der Waals surface area contributed by atoms with Gasteiger partial charge in [-0.05, 0) is 31.8 Å². The molecule has 0 bridgehead atoms. The van der Waals surface area contributed by atoms with Gasteiger partial charge in [0.05, 0.1) is 12.9 Å². The number of aromatic nitrogens is 2. The van der Waals surface area contributed by atoms with Gasteiger partial charge in [0.25, 0.3) is 0 Å². The fraction of sp³-hybridized carbons (Fsp3) is 0.833. The molecule has 2 atom stereocenters. The monoisotopic (exact) mass is 424 g/mol. The van der Waals surface area contributed by atoms with Crippen LogP contribution in [0.4, 0.5) is 0 Å². The van der Waals surface area contributed by atoms with Gasteiger partial charge in [-0.3, -0.25) is 4.79 Å². The molecule has 0 aliphatic carbocycles. The highest BCUT2D eigenvalue weighted by Gasteiger charge is 2.09. The molecule has 29 heavy (non-hydrogen) atoms. The van der Waals surface area contributed by atoms with E-state index >= 15 is 0 Å². The molecule has 1 heterocycles. The van der Waals surface area contributed by atoms with Crippen LogP contribution in [0.15, 0.2) is 18.7 Å². The number of ether oxygens (including phenoxy) is 1. The number of nitrogens with zero attached hydrogens (tertiary/aromatic N) is 2. The Morgan fingerprint density at radius 3 is 2.14 bits per heavy atom. The first-order valence-corrected chi connectivity index (χ1v) is 12.9. The zero-order valence-corrected chi connectivity index (χ0v) is 20.0. The van der Waals surface area contributed by atoms with Crippen molar-refractivity contribution in [3.05, 3.63) is 18.7 Å². The predicted molar refractivity (Wildman–Crippen MR) is 126 cm³/mol. The Bertz CT molecular complexity index is 479. The van der Waals surface area contributed by atoms with Crippen LogP contribution < -0.4 is 0 Å². The minimum absolute atomic E-state index is 0.0212. The summed E-state index contributed by atoms with van der Waals surface area (Å²) in [6.07, 6.45) is 26.5. The maximum absolute atomic E-state index is 11.5. The average Bonchev–Trinajstić information content (AvgIpc) is 3.25. The standard InChI is InChI=1S/C24H45N2O2P/c1-2-3-11-15-23(26-19-18-25-22-26)16-12-9-7-5-4-6-8-10-13-17-24(27)28-20-14-21-29/h18-19,22-23H,2-17,20-21,29H2,1H3. The Morgan fingerprint density at radius 2 is 1.55 bits per heavy atom. The van der Waals surface area contributed by atoms with Gasteiger partial charge in [-0.25, -0.2) is 4.98 Å². The second-order valence-corrected chi connectivity index (χ2v) is 8.82. The van der Waals surface area contributed by atoms with E-state index in [2.05, 4.69) is 31.9 Å². The Hall–Kier alpha value is -0.890. The van der Waals surface area contributed by atoms with Crippen molar-refractivity contribution in [2.75, 3.05) is 12.8 Å². The van der Waals surface area contributed by atoms with Crippen molar-refractivity contribution in [2.24, 2.45) is 0 Å². The highest BCUT2D eigenvalue weighted by Crippen LogP contribution is 2.23. The molecule has 0 saturated heterocycles. The van der Waals surface area contributed by atoms with Gasteiger partial charge in [0, 0.05) is 24.9 Å². The van der Waals surface area contributed by atoms with Crippen molar-refractivity contribution in [1.29, 1.82) is 0 Å². The van der Waals surface area contributed by atoms with Crippen LogP contribution in [0.25, 0.3) is 0 Å². The molecule has 1 aromatic rings. The quantitative estimate of drug-likeness (QED) is 0.127. The van der Waals surface area contributed by atoms with Crippen molar-refractivity contribution >= 4 is 15.2 Å². The van der Waals surface area contributed by atoms with E-state index < -0.39 is 0 Å². The molecule has 0 spiro atoms. The third-order valence-corrected chi connectivity index (χ3v) is 6.03. The third kappa shape index (κ3) is 14.7. The molecule has 1 rings (SSSR count). The Morgan fingerprint density at radius 1 is 0.931 bits per heavy atom. The number of unbranched alkanes of at least 4 members (excludes halogenated alkanes) is 10. The minimum Gasteiger partial charge on any atom is -0.466 e. The molecule has 0 saturated carbocycles. The van der Waals surface area contributed by atoms with Crippen LogP contribution in [0.5, 0.6) is 0 Å². The molecule has 168 valence electrons. The van der Waals surface area contributed by atoms with E-state index in [0.29, 0.717) is 19.1 Å². The summed E-state index contributed by atoms with van der Waals surface area (Å²) in [6.45, 7) is 2.85. The largest absolute Gasteiger partial charge is 0.466 e. The van der Waals surface area contributed by atoms with Gasteiger partial charge >= 0.3 is 5.97 Å². The highest BCUT2D eigenvalue weighted by atomic mass is 31.0. The van der Waals surface area contributed by atoms with E-state index in [1.54, 1.807) is 0 Å². The molecule has 0 N–H and O–H groups in total. The first-order valence-electron chi connectivity index (χ1n) is 12.1. The highest BCUT2D eigenvalue weighted by molar-refractivity contribution is 7.16. The summed E-state index contributed by atoms with van der Waals surface area (Å²) in [4.78, 5) is 15.7. The topological polar surface area (TPSA) is 44.1 Å². The van der Waals surface area contributed by atoms with E-state index in [4.69, 9.17) is 4.74 Å². The summed E-state index contributed by atoms with van der Waals surface area (Å²) >= 11 is 0. The zero-order chi connectivity index (χ0) is 21.0. The molecule has 5 heteroatoms. The molecule has 0 aliphatic rings. The molecule has 0 aromatic carbocycles. The second-order valence-electron chi connectivity index (χ2n) is 8.24. The van der Waals surface area contributed by atoms with Crippen LogP contribution in [0, 0.1) is 0 Å². The third-order valence-electron chi connectivity index (χ3n) is 5.62. The van der Waals surface area contributed by atoms with E-state index in [-0.39, 0.29) is 5.97 Å². The van der Waals surface area contributed by atoms with Crippen LogP contribution in [0.2, 0.25) is 0 Å². The Balaban J connectivity index is 1.93. The number of imidazole rings is 1. The van der Waals surface area contributed by atoms with Crippen molar-refractivity contribution in [2.45, 2.75) is 116 Å². The number of carbonyl (C=O) groups is 1. The maximum Gasteiger partial charge on any atom is 0.305 e. The van der Waals surface area contributed by atoms with Gasteiger partial charge in [-0.1, -0.05) is 77.6 Å². The molecule has 0 radical (unpaired) electrons. The lowest BCUT2D eigenvalue weighted by atomic mass is 10.0. The second kappa shape index (κ2) is 19.1. The predicted octanol–water partition coefficient (Wildman–Crippen LogP) is 7.10. The van der Waals surface area contributed by atoms with Gasteiger partial charge in [0.2, 0.25) is 0 Å². The number of carbonyl (C=O) groups excluding carboxylic acids is 1. The normalized spacial score (nSPS) is 12.2. The van der Waals surface area contributed by atoms with Gasteiger partial charge in [0.1, 0.15) is 0 Å². The van der Waals surface area contributed by atoms with Crippen molar-refractivity contribution < 1.29 is 9.53 Å². The van der Waals surface area contributed by atoms with Gasteiger partial charge in [0.15, 0.2) is 0 Å². The SMILES string of the molecule is CCCCCC(CCCCCCCCCCCC(=O)OCCCP)n1ccnc1. The van der Waals surface area contributed by atoms with E-state index in [1.807, 2.05) is 12.5 Å². The fourth-order valence-electron chi connectivity index (χ4n) is 3.79. The maximum atomic E-state index is 11.5. The average molecular weight is 425 g/mol. The van der Waals surface area contributed by atoms with Crippen LogP contribution in [-0.2, 0) is 9.53 Å². The first-order chi connectivity index (χ1) is 14.3. The summed E-state index contributed by atoms with van der Waals surface area (Å²) in [5.74, 6) is -0.0212. The lowest BCUT2D eigenvalue weighted by Crippen LogP contribution is -2.07. The lowest BCUT2D eigenvalue weighted by molar-refractivity contribution is -0.143. The molecule has 0 aliphatic heterocycles. The van der Waals surface area contributed by atoms with Crippen molar-refractivity contribution in [1.82, 2.24) is 9.55 Å². The van der Waals surface area contributed by atoms with Crippen LogP contribution in [0.3, 0.4) is 0 Å². The lowest BCUT2D eigenvalue weighted by Gasteiger charge is -2.18.